The summed E-state index contributed by atoms with van der Waals surface area (Å²) in [5.41, 5.74) is 12.9. The Morgan fingerprint density at radius 2 is 0.945 bits per heavy atom. The molecule has 0 aliphatic heterocycles. The van der Waals surface area contributed by atoms with Crippen molar-refractivity contribution >= 4 is 71.6 Å². The molecular weight excluding hydrogens is 669 g/mol. The first-order chi connectivity index (χ1) is 27.3. The van der Waals surface area contributed by atoms with E-state index in [-0.39, 0.29) is 0 Å². The number of hydrogen-bond donors (Lipinski definition) is 0. The summed E-state index contributed by atoms with van der Waals surface area (Å²) >= 11 is 0. The van der Waals surface area contributed by atoms with Gasteiger partial charge in [-0.2, -0.15) is 0 Å². The highest BCUT2D eigenvalue weighted by atomic mass is 16.3. The molecule has 0 unspecified atom stereocenters. The van der Waals surface area contributed by atoms with Crippen LogP contribution in [0.1, 0.15) is 0 Å². The van der Waals surface area contributed by atoms with Crippen molar-refractivity contribution in [2.24, 2.45) is 0 Å². The largest absolute Gasteiger partial charge is 0.455 e. The zero-order valence-corrected chi connectivity index (χ0v) is 29.9. The van der Waals surface area contributed by atoms with E-state index >= 15 is 0 Å². The first kappa shape index (κ1) is 31.2. The minimum Gasteiger partial charge on any atom is -0.455 e. The molecule has 0 atom stereocenters. The number of para-hydroxylation sites is 5. The number of furan rings is 1. The number of hydrogen-bond acceptors (Lipinski definition) is 2. The fraction of sp³-hybridized carbons (Fsp3) is 0. The monoisotopic (exact) mass is 702 g/mol. The Morgan fingerprint density at radius 3 is 1.73 bits per heavy atom. The predicted octanol–water partition coefficient (Wildman–Crippen LogP) is 14.6. The van der Waals surface area contributed by atoms with E-state index in [1.165, 1.54) is 43.7 Å². The molecule has 0 N–H and O–H groups in total. The van der Waals surface area contributed by atoms with Gasteiger partial charge >= 0.3 is 0 Å². The maximum absolute atomic E-state index is 6.80. The molecule has 9 aromatic carbocycles. The van der Waals surface area contributed by atoms with Gasteiger partial charge in [-0.15, -0.1) is 0 Å². The van der Waals surface area contributed by atoms with E-state index in [1.807, 2.05) is 6.07 Å². The van der Waals surface area contributed by atoms with Crippen molar-refractivity contribution in [3.63, 3.8) is 0 Å². The van der Waals surface area contributed by atoms with Gasteiger partial charge in [0.2, 0.25) is 0 Å². The Morgan fingerprint density at radius 1 is 0.364 bits per heavy atom. The number of nitrogens with zero attached hydrogens (tertiary/aromatic N) is 2. The van der Waals surface area contributed by atoms with Crippen molar-refractivity contribution < 1.29 is 4.42 Å². The molecule has 0 saturated carbocycles. The summed E-state index contributed by atoms with van der Waals surface area (Å²) in [6.45, 7) is 0. The number of aromatic nitrogens is 1. The second kappa shape index (κ2) is 12.6. The summed E-state index contributed by atoms with van der Waals surface area (Å²) in [6, 6.07) is 73.9. The molecule has 0 fully saturated rings. The van der Waals surface area contributed by atoms with Crippen molar-refractivity contribution in [1.82, 2.24) is 4.57 Å². The summed E-state index contributed by atoms with van der Waals surface area (Å²) < 4.78 is 9.21. The Labute approximate surface area is 318 Å². The van der Waals surface area contributed by atoms with Crippen LogP contribution in [0.3, 0.4) is 0 Å². The Bertz CT molecular complexity index is 3150. The van der Waals surface area contributed by atoms with Crippen LogP contribution in [0.15, 0.2) is 211 Å². The van der Waals surface area contributed by atoms with Crippen LogP contribution in [0.25, 0.3) is 82.5 Å². The van der Waals surface area contributed by atoms with Gasteiger partial charge in [0.25, 0.3) is 0 Å². The average Bonchev–Trinajstić information content (AvgIpc) is 3.80. The molecule has 2 heterocycles. The molecule has 258 valence electrons. The Balaban J connectivity index is 1.16. The SMILES string of the molecule is c1ccc(N(c2ccc(-c3cccc4ccccc34)cc2)c2cc(-c3ccccc3-n3c4ccccc4c4ccccc43)c3oc4ccccc4c3c2)cc1. The zero-order chi connectivity index (χ0) is 36.3. The van der Waals surface area contributed by atoms with E-state index in [0.717, 1.165) is 55.8 Å². The average molecular weight is 703 g/mol. The molecule has 3 heteroatoms. The van der Waals surface area contributed by atoms with Crippen LogP contribution in [0.2, 0.25) is 0 Å². The van der Waals surface area contributed by atoms with E-state index in [4.69, 9.17) is 4.42 Å². The molecule has 2 aromatic heterocycles. The van der Waals surface area contributed by atoms with E-state index < -0.39 is 0 Å². The third-order valence-electron chi connectivity index (χ3n) is 11.0. The van der Waals surface area contributed by atoms with Crippen molar-refractivity contribution in [2.45, 2.75) is 0 Å². The van der Waals surface area contributed by atoms with Gasteiger partial charge in [0.05, 0.1) is 16.7 Å². The highest BCUT2D eigenvalue weighted by Gasteiger charge is 2.22. The Hall–Kier alpha value is -7.36. The lowest BCUT2D eigenvalue weighted by molar-refractivity contribution is 0.670. The lowest BCUT2D eigenvalue weighted by Crippen LogP contribution is -2.10. The fourth-order valence-corrected chi connectivity index (χ4v) is 8.51. The molecule has 0 spiro atoms. The summed E-state index contributed by atoms with van der Waals surface area (Å²) in [7, 11) is 0. The van der Waals surface area contributed by atoms with E-state index in [1.54, 1.807) is 0 Å². The quantitative estimate of drug-likeness (QED) is 0.172. The smallest absolute Gasteiger partial charge is 0.143 e. The lowest BCUT2D eigenvalue weighted by Gasteiger charge is -2.27. The van der Waals surface area contributed by atoms with Gasteiger partial charge in [-0.3, -0.25) is 0 Å². The maximum atomic E-state index is 6.80. The van der Waals surface area contributed by atoms with Gasteiger partial charge in [-0.05, 0) is 82.6 Å². The first-order valence-electron chi connectivity index (χ1n) is 18.8. The molecular formula is C52H34N2O. The lowest BCUT2D eigenvalue weighted by atomic mass is 9.97. The summed E-state index contributed by atoms with van der Waals surface area (Å²) in [5, 5.41) is 7.13. The second-order valence-electron chi connectivity index (χ2n) is 14.1. The van der Waals surface area contributed by atoms with Crippen LogP contribution in [0.5, 0.6) is 0 Å². The van der Waals surface area contributed by atoms with E-state index in [9.17, 15) is 0 Å². The molecule has 0 aliphatic rings. The van der Waals surface area contributed by atoms with E-state index in [0.29, 0.717) is 0 Å². The van der Waals surface area contributed by atoms with Crippen LogP contribution in [0.4, 0.5) is 17.1 Å². The van der Waals surface area contributed by atoms with Gasteiger partial charge < -0.3 is 13.9 Å². The van der Waals surface area contributed by atoms with Gasteiger partial charge in [0.15, 0.2) is 0 Å². The van der Waals surface area contributed by atoms with Crippen molar-refractivity contribution in [3.05, 3.63) is 206 Å². The van der Waals surface area contributed by atoms with Crippen molar-refractivity contribution in [3.8, 4) is 27.9 Å². The first-order valence-corrected chi connectivity index (χ1v) is 18.8. The normalized spacial score (nSPS) is 11.6. The van der Waals surface area contributed by atoms with E-state index in [2.05, 4.69) is 210 Å². The molecule has 0 bridgehead atoms. The van der Waals surface area contributed by atoms with Gasteiger partial charge in [0.1, 0.15) is 11.2 Å². The van der Waals surface area contributed by atoms with Crippen LogP contribution < -0.4 is 4.90 Å². The minimum atomic E-state index is 0.871. The van der Waals surface area contributed by atoms with Crippen molar-refractivity contribution in [1.29, 1.82) is 0 Å². The summed E-state index contributed by atoms with van der Waals surface area (Å²) in [4.78, 5) is 2.36. The second-order valence-corrected chi connectivity index (χ2v) is 14.1. The molecule has 0 saturated heterocycles. The molecule has 0 amide bonds. The number of anilines is 3. The third-order valence-corrected chi connectivity index (χ3v) is 11.0. The molecule has 11 aromatic rings. The standard InChI is InChI=1S/C52H34N2O/c1-2-17-37(18-3-1)53(38-31-29-36(30-32-38)41-24-14-16-35-15-4-5-19-40(35)41)39-33-46(52-47(34-39)45-23-9-13-28-51(45)55-52)44-22-8-12-27-50(44)54-48-25-10-6-20-42(48)43-21-7-11-26-49(43)54/h1-34H. The topological polar surface area (TPSA) is 21.3 Å². The number of benzene rings is 9. The van der Waals surface area contributed by atoms with Crippen LogP contribution in [0, 0.1) is 0 Å². The minimum absolute atomic E-state index is 0.871. The van der Waals surface area contributed by atoms with Gasteiger partial charge in [0, 0.05) is 49.7 Å². The zero-order valence-electron chi connectivity index (χ0n) is 29.9. The third kappa shape index (κ3) is 5.05. The number of rotatable bonds is 6. The van der Waals surface area contributed by atoms with Gasteiger partial charge in [-0.25, -0.2) is 0 Å². The van der Waals surface area contributed by atoms with Crippen LogP contribution in [-0.2, 0) is 0 Å². The molecule has 55 heavy (non-hydrogen) atoms. The van der Waals surface area contributed by atoms with Crippen LogP contribution in [-0.4, -0.2) is 4.57 Å². The summed E-state index contributed by atoms with van der Waals surface area (Å²) in [5.74, 6) is 0. The maximum Gasteiger partial charge on any atom is 0.143 e. The predicted molar refractivity (Wildman–Crippen MR) is 231 cm³/mol. The van der Waals surface area contributed by atoms with Crippen LogP contribution >= 0.6 is 0 Å². The Kier molecular flexibility index (Phi) is 7.17. The molecule has 11 rings (SSSR count). The summed E-state index contributed by atoms with van der Waals surface area (Å²) in [6.07, 6.45) is 0. The number of fused-ring (bicyclic) bond motifs is 7. The van der Waals surface area contributed by atoms with Crippen molar-refractivity contribution in [2.75, 3.05) is 4.90 Å². The highest BCUT2D eigenvalue weighted by Crippen LogP contribution is 2.46. The fourth-order valence-electron chi connectivity index (χ4n) is 8.51. The van der Waals surface area contributed by atoms with Gasteiger partial charge in [-0.1, -0.05) is 146 Å². The molecule has 0 radical (unpaired) electrons. The molecule has 0 aliphatic carbocycles. The highest BCUT2D eigenvalue weighted by molar-refractivity contribution is 6.14. The molecule has 3 nitrogen and oxygen atoms in total.